The van der Waals surface area contributed by atoms with Crippen molar-refractivity contribution in [3.05, 3.63) is 34.6 Å². The normalized spacial score (nSPS) is 41.2. The van der Waals surface area contributed by atoms with Gasteiger partial charge in [-0.05, 0) is 62.4 Å². The highest BCUT2D eigenvalue weighted by Gasteiger charge is 2.54. The topological polar surface area (TPSA) is 29.5 Å². The molecular weight excluding hydrogens is 296 g/mol. The molecule has 1 fully saturated rings. The first-order chi connectivity index (χ1) is 11.6. The minimum Gasteiger partial charge on any atom is -0.501 e. The number of allylic oxidation sites excluding steroid dienone is 3. The van der Waals surface area contributed by atoms with E-state index in [9.17, 15) is 5.11 Å². The summed E-state index contributed by atoms with van der Waals surface area (Å²) in [7, 11) is 1.81. The van der Waals surface area contributed by atoms with Crippen LogP contribution in [-0.2, 0) is 4.74 Å². The maximum Gasteiger partial charge on any atom is 0.0959 e. The Kier molecular flexibility index (Phi) is 4.15. The van der Waals surface area contributed by atoms with E-state index in [-0.39, 0.29) is 11.5 Å². The van der Waals surface area contributed by atoms with Crippen LogP contribution in [0.25, 0.3) is 0 Å². The lowest BCUT2D eigenvalue weighted by Crippen LogP contribution is -2.45. The van der Waals surface area contributed by atoms with E-state index in [0.29, 0.717) is 11.8 Å². The first kappa shape index (κ1) is 16.4. The first-order valence-electron chi connectivity index (χ1n) is 9.97. The molecule has 0 aromatic rings. The van der Waals surface area contributed by atoms with Crippen LogP contribution in [0.1, 0.15) is 65.2 Å². The van der Waals surface area contributed by atoms with Gasteiger partial charge in [0.15, 0.2) is 0 Å². The Morgan fingerprint density at radius 2 is 2.12 bits per heavy atom. The van der Waals surface area contributed by atoms with Gasteiger partial charge >= 0.3 is 0 Å². The van der Waals surface area contributed by atoms with Gasteiger partial charge in [0.2, 0.25) is 0 Å². The maximum atomic E-state index is 10.7. The van der Waals surface area contributed by atoms with Crippen LogP contribution in [0.3, 0.4) is 0 Å². The lowest BCUT2D eigenvalue weighted by molar-refractivity contribution is 0.0173. The van der Waals surface area contributed by atoms with E-state index in [1.54, 1.807) is 23.8 Å². The predicted octanol–water partition coefficient (Wildman–Crippen LogP) is 5.15. The minimum absolute atomic E-state index is 0.0921. The summed E-state index contributed by atoms with van der Waals surface area (Å²) in [5, 5.41) is 10.7. The summed E-state index contributed by atoms with van der Waals surface area (Å²) in [5.41, 5.74) is 5.12. The molecule has 1 N–H and O–H groups in total. The number of hydrogen-bond donors (Lipinski definition) is 1. The summed E-state index contributed by atoms with van der Waals surface area (Å²) in [6, 6.07) is 0. The Bertz CT molecular complexity index is 611. The first-order valence-corrected chi connectivity index (χ1v) is 9.97. The Morgan fingerprint density at radius 3 is 2.83 bits per heavy atom. The SMILES string of the molecule is CC[C@@H]1CC2=C(CC=C(OC)C2)[C@H]2CCC3(CC)C(=CC[C@@H]3O)[C@H]12. The zero-order chi connectivity index (χ0) is 16.9. The number of methoxy groups -OCH3 is 1. The third-order valence-corrected chi connectivity index (χ3v) is 7.74. The van der Waals surface area contributed by atoms with Gasteiger partial charge in [0.05, 0.1) is 19.0 Å². The van der Waals surface area contributed by atoms with Gasteiger partial charge in [-0.3, -0.25) is 0 Å². The van der Waals surface area contributed by atoms with Crippen LogP contribution in [0.2, 0.25) is 0 Å². The molecule has 0 aromatic heterocycles. The summed E-state index contributed by atoms with van der Waals surface area (Å²) in [6.45, 7) is 4.64. The number of hydrogen-bond acceptors (Lipinski definition) is 2. The van der Waals surface area contributed by atoms with Crippen molar-refractivity contribution in [3.63, 3.8) is 0 Å². The molecule has 1 saturated carbocycles. The number of rotatable bonds is 3. The molecule has 5 atom stereocenters. The molecular formula is C22H32O2. The van der Waals surface area contributed by atoms with Gasteiger partial charge in [-0.2, -0.15) is 0 Å². The van der Waals surface area contributed by atoms with Crippen molar-refractivity contribution in [1.29, 1.82) is 0 Å². The third-order valence-electron chi connectivity index (χ3n) is 7.74. The van der Waals surface area contributed by atoms with E-state index >= 15 is 0 Å². The van der Waals surface area contributed by atoms with E-state index in [0.717, 1.165) is 37.4 Å². The van der Waals surface area contributed by atoms with Crippen LogP contribution in [0.15, 0.2) is 34.6 Å². The maximum absolute atomic E-state index is 10.7. The lowest BCUT2D eigenvalue weighted by Gasteiger charge is -2.52. The molecule has 0 bridgehead atoms. The molecule has 1 unspecified atom stereocenters. The third kappa shape index (κ3) is 2.18. The van der Waals surface area contributed by atoms with Crippen LogP contribution in [-0.4, -0.2) is 18.3 Å². The van der Waals surface area contributed by atoms with E-state index in [1.807, 2.05) is 0 Å². The Balaban J connectivity index is 1.71. The second-order valence-corrected chi connectivity index (χ2v) is 8.35. The summed E-state index contributed by atoms with van der Waals surface area (Å²) < 4.78 is 5.54. The Morgan fingerprint density at radius 1 is 1.29 bits per heavy atom. The summed E-state index contributed by atoms with van der Waals surface area (Å²) in [5.74, 6) is 3.30. The van der Waals surface area contributed by atoms with Crippen LogP contribution in [0.5, 0.6) is 0 Å². The van der Waals surface area contributed by atoms with Crippen molar-refractivity contribution >= 4 is 0 Å². The standard InChI is InChI=1S/C22H32O2/c1-4-14-12-15-13-16(24-3)6-7-17(15)18-10-11-22(5-2)19(21(14)18)8-9-20(22)23/h6,8,14,18,20-21,23H,4-5,7,9-13H2,1-3H3/t14-,18-,20+,21-,22?/m1/s1. The molecule has 4 aliphatic rings. The van der Waals surface area contributed by atoms with E-state index in [4.69, 9.17) is 4.74 Å². The van der Waals surface area contributed by atoms with Crippen molar-refractivity contribution in [3.8, 4) is 0 Å². The Labute approximate surface area is 146 Å². The largest absolute Gasteiger partial charge is 0.501 e. The second kappa shape index (κ2) is 6.05. The molecule has 0 aromatic carbocycles. The average molecular weight is 328 g/mol. The molecule has 0 radical (unpaired) electrons. The quantitative estimate of drug-likeness (QED) is 0.726. The molecule has 132 valence electrons. The van der Waals surface area contributed by atoms with Crippen LogP contribution in [0, 0.1) is 23.2 Å². The molecule has 0 aliphatic heterocycles. The number of aliphatic hydroxyl groups is 1. The smallest absolute Gasteiger partial charge is 0.0959 e. The van der Waals surface area contributed by atoms with Crippen molar-refractivity contribution in [2.24, 2.45) is 23.2 Å². The van der Waals surface area contributed by atoms with Crippen LogP contribution >= 0.6 is 0 Å². The minimum atomic E-state index is -0.141. The molecule has 0 saturated heterocycles. The molecule has 4 aliphatic carbocycles. The van der Waals surface area contributed by atoms with Crippen LogP contribution in [0.4, 0.5) is 0 Å². The number of ether oxygens (including phenoxy) is 1. The molecule has 0 amide bonds. The van der Waals surface area contributed by atoms with Gasteiger partial charge in [0.25, 0.3) is 0 Å². The van der Waals surface area contributed by atoms with Crippen molar-refractivity contribution in [2.45, 2.75) is 71.3 Å². The fourth-order valence-electron chi connectivity index (χ4n) is 6.42. The van der Waals surface area contributed by atoms with Gasteiger partial charge < -0.3 is 9.84 Å². The highest BCUT2D eigenvalue weighted by atomic mass is 16.5. The number of fused-ring (bicyclic) bond motifs is 4. The summed E-state index contributed by atoms with van der Waals surface area (Å²) in [6.07, 6.45) is 13.6. The highest BCUT2D eigenvalue weighted by molar-refractivity contribution is 5.39. The molecule has 2 nitrogen and oxygen atoms in total. The van der Waals surface area contributed by atoms with Crippen molar-refractivity contribution in [2.75, 3.05) is 7.11 Å². The van der Waals surface area contributed by atoms with Gasteiger partial charge in [-0.25, -0.2) is 0 Å². The van der Waals surface area contributed by atoms with E-state index in [2.05, 4.69) is 26.0 Å². The molecule has 2 heteroatoms. The molecule has 0 heterocycles. The number of aliphatic hydroxyl groups excluding tert-OH is 1. The molecule has 4 rings (SSSR count). The van der Waals surface area contributed by atoms with Gasteiger partial charge in [0.1, 0.15) is 0 Å². The van der Waals surface area contributed by atoms with Gasteiger partial charge in [-0.15, -0.1) is 0 Å². The van der Waals surface area contributed by atoms with Crippen molar-refractivity contribution in [1.82, 2.24) is 0 Å². The highest BCUT2D eigenvalue weighted by Crippen LogP contribution is 2.62. The van der Waals surface area contributed by atoms with Crippen LogP contribution < -0.4 is 0 Å². The van der Waals surface area contributed by atoms with E-state index < -0.39 is 0 Å². The molecule has 24 heavy (non-hydrogen) atoms. The lowest BCUT2D eigenvalue weighted by atomic mass is 9.52. The predicted molar refractivity (Wildman–Crippen MR) is 97.4 cm³/mol. The van der Waals surface area contributed by atoms with Crippen molar-refractivity contribution < 1.29 is 9.84 Å². The second-order valence-electron chi connectivity index (χ2n) is 8.35. The zero-order valence-electron chi connectivity index (χ0n) is 15.5. The van der Waals surface area contributed by atoms with E-state index in [1.165, 1.54) is 25.7 Å². The summed E-state index contributed by atoms with van der Waals surface area (Å²) >= 11 is 0. The average Bonchev–Trinajstić information content (AvgIpc) is 2.97. The monoisotopic (exact) mass is 328 g/mol. The molecule has 0 spiro atoms. The van der Waals surface area contributed by atoms with Gasteiger partial charge in [-0.1, -0.05) is 43.1 Å². The fourth-order valence-corrected chi connectivity index (χ4v) is 6.42. The van der Waals surface area contributed by atoms with Gasteiger partial charge in [0, 0.05) is 11.8 Å². The summed E-state index contributed by atoms with van der Waals surface area (Å²) in [4.78, 5) is 0. The Hall–Kier alpha value is -1.02. The zero-order valence-corrected chi connectivity index (χ0v) is 15.5. The fraction of sp³-hybridized carbons (Fsp3) is 0.727.